The van der Waals surface area contributed by atoms with Crippen LogP contribution in [0.4, 0.5) is 9.59 Å². The molecule has 178 valence electrons. The van der Waals surface area contributed by atoms with Crippen LogP contribution in [0.3, 0.4) is 0 Å². The summed E-state index contributed by atoms with van der Waals surface area (Å²) in [6.07, 6.45) is 1.03. The number of aliphatic hydroxyl groups is 1. The van der Waals surface area contributed by atoms with Gasteiger partial charge in [-0.3, -0.25) is 0 Å². The molecule has 2 aromatic carbocycles. The molecule has 1 aliphatic carbocycles. The molecule has 0 fully saturated rings. The van der Waals surface area contributed by atoms with E-state index < -0.39 is 23.8 Å². The Morgan fingerprint density at radius 2 is 1.58 bits per heavy atom. The zero-order valence-corrected chi connectivity index (χ0v) is 19.6. The van der Waals surface area contributed by atoms with Crippen LogP contribution in [0.2, 0.25) is 0 Å². The topological polar surface area (TPSA) is 96.9 Å². The summed E-state index contributed by atoms with van der Waals surface area (Å²) in [4.78, 5) is 24.0. The number of carbonyl (C=O) groups is 2. The number of amides is 2. The summed E-state index contributed by atoms with van der Waals surface area (Å²) in [5.74, 6) is -0.00495. The lowest BCUT2D eigenvalue weighted by Crippen LogP contribution is -2.38. The normalized spacial score (nSPS) is 13.6. The van der Waals surface area contributed by atoms with Gasteiger partial charge < -0.3 is 25.2 Å². The minimum absolute atomic E-state index is 0.00495. The van der Waals surface area contributed by atoms with Crippen molar-refractivity contribution >= 4 is 12.2 Å². The summed E-state index contributed by atoms with van der Waals surface area (Å²) >= 11 is 0. The van der Waals surface area contributed by atoms with Crippen LogP contribution in [-0.4, -0.2) is 48.7 Å². The Kier molecular flexibility index (Phi) is 8.33. The van der Waals surface area contributed by atoms with Gasteiger partial charge in [-0.05, 0) is 62.3 Å². The first-order chi connectivity index (χ1) is 15.8. The van der Waals surface area contributed by atoms with E-state index in [2.05, 4.69) is 34.9 Å². The maximum absolute atomic E-state index is 12.4. The Morgan fingerprint density at radius 1 is 0.970 bits per heavy atom. The number of ether oxygens (including phenoxy) is 2. The molecule has 7 heteroatoms. The van der Waals surface area contributed by atoms with Gasteiger partial charge in [-0.15, -0.1) is 0 Å². The number of hydrogen-bond donors (Lipinski definition) is 3. The third kappa shape index (κ3) is 6.96. The molecule has 0 spiro atoms. The number of aliphatic hydroxyl groups excluding tert-OH is 1. The van der Waals surface area contributed by atoms with Crippen LogP contribution in [0.5, 0.6) is 0 Å². The largest absolute Gasteiger partial charge is 0.449 e. The van der Waals surface area contributed by atoms with Gasteiger partial charge in [0.05, 0.1) is 12.6 Å². The van der Waals surface area contributed by atoms with Gasteiger partial charge in [-0.1, -0.05) is 48.5 Å². The van der Waals surface area contributed by atoms with Crippen LogP contribution in [0.25, 0.3) is 11.1 Å². The second kappa shape index (κ2) is 11.2. The van der Waals surface area contributed by atoms with Crippen molar-refractivity contribution in [1.82, 2.24) is 10.6 Å². The first-order valence-corrected chi connectivity index (χ1v) is 11.5. The van der Waals surface area contributed by atoms with Crippen molar-refractivity contribution in [3.63, 3.8) is 0 Å². The molecule has 0 heterocycles. The highest BCUT2D eigenvalue weighted by molar-refractivity contribution is 5.79. The summed E-state index contributed by atoms with van der Waals surface area (Å²) < 4.78 is 10.7. The lowest BCUT2D eigenvalue weighted by molar-refractivity contribution is 0.0526. The molecule has 0 unspecified atom stereocenters. The lowest BCUT2D eigenvalue weighted by atomic mass is 9.98. The van der Waals surface area contributed by atoms with Crippen LogP contribution in [0, 0.1) is 0 Å². The van der Waals surface area contributed by atoms with E-state index in [-0.39, 0.29) is 19.1 Å². The van der Waals surface area contributed by atoms with Gasteiger partial charge in [0, 0.05) is 12.5 Å². The van der Waals surface area contributed by atoms with E-state index in [0.29, 0.717) is 19.4 Å². The molecule has 33 heavy (non-hydrogen) atoms. The molecule has 0 saturated heterocycles. The van der Waals surface area contributed by atoms with E-state index in [1.807, 2.05) is 45.0 Å². The Labute approximate surface area is 195 Å². The molecule has 7 nitrogen and oxygen atoms in total. The minimum Gasteiger partial charge on any atom is -0.449 e. The van der Waals surface area contributed by atoms with Gasteiger partial charge in [-0.2, -0.15) is 0 Å². The molecule has 0 bridgehead atoms. The molecule has 1 aliphatic rings. The number of carbonyl (C=O) groups excluding carboxylic acids is 2. The average molecular weight is 455 g/mol. The van der Waals surface area contributed by atoms with Gasteiger partial charge in [-0.25, -0.2) is 9.59 Å². The highest BCUT2D eigenvalue weighted by Crippen LogP contribution is 2.44. The van der Waals surface area contributed by atoms with Gasteiger partial charge in [0.25, 0.3) is 0 Å². The summed E-state index contributed by atoms with van der Waals surface area (Å²) in [6.45, 7) is 5.97. The van der Waals surface area contributed by atoms with Gasteiger partial charge in [0.15, 0.2) is 0 Å². The highest BCUT2D eigenvalue weighted by Gasteiger charge is 2.29. The number of nitrogens with one attached hydrogen (secondary N) is 2. The van der Waals surface area contributed by atoms with Crippen molar-refractivity contribution in [2.45, 2.75) is 57.6 Å². The van der Waals surface area contributed by atoms with Gasteiger partial charge in [0.2, 0.25) is 0 Å². The second-order valence-corrected chi connectivity index (χ2v) is 9.27. The summed E-state index contributed by atoms with van der Waals surface area (Å²) in [5, 5.41) is 15.1. The van der Waals surface area contributed by atoms with Crippen LogP contribution in [-0.2, 0) is 9.47 Å². The number of fused-ring (bicyclic) bond motifs is 3. The molecular formula is C26H34N2O5. The first-order valence-electron chi connectivity index (χ1n) is 11.5. The maximum Gasteiger partial charge on any atom is 0.407 e. The Hall–Kier alpha value is -3.06. The summed E-state index contributed by atoms with van der Waals surface area (Å²) in [7, 11) is 0. The third-order valence-electron chi connectivity index (χ3n) is 5.53. The predicted octanol–water partition coefficient (Wildman–Crippen LogP) is 4.58. The quantitative estimate of drug-likeness (QED) is 0.482. The molecule has 1 atom stereocenters. The smallest absolute Gasteiger partial charge is 0.407 e. The maximum atomic E-state index is 12.4. The van der Waals surface area contributed by atoms with Crippen molar-refractivity contribution in [1.29, 1.82) is 0 Å². The van der Waals surface area contributed by atoms with E-state index >= 15 is 0 Å². The molecule has 0 saturated carbocycles. The molecule has 0 aliphatic heterocycles. The number of rotatable bonds is 9. The van der Waals surface area contributed by atoms with Gasteiger partial charge in [0.1, 0.15) is 12.2 Å². The molecule has 2 amide bonds. The fraction of sp³-hybridized carbons (Fsp3) is 0.462. The molecule has 0 aromatic heterocycles. The van der Waals surface area contributed by atoms with Crippen LogP contribution < -0.4 is 10.6 Å². The molecule has 0 radical (unpaired) electrons. The fourth-order valence-electron chi connectivity index (χ4n) is 4.04. The average Bonchev–Trinajstić information content (AvgIpc) is 3.09. The van der Waals surface area contributed by atoms with Crippen molar-refractivity contribution < 1.29 is 24.2 Å². The van der Waals surface area contributed by atoms with Gasteiger partial charge >= 0.3 is 12.2 Å². The van der Waals surface area contributed by atoms with Crippen molar-refractivity contribution in [2.75, 3.05) is 19.8 Å². The van der Waals surface area contributed by atoms with E-state index in [1.165, 1.54) is 11.1 Å². The van der Waals surface area contributed by atoms with Crippen LogP contribution in [0.15, 0.2) is 48.5 Å². The van der Waals surface area contributed by atoms with E-state index in [1.54, 1.807) is 0 Å². The minimum atomic E-state index is -0.539. The molecule has 3 rings (SSSR count). The van der Waals surface area contributed by atoms with Crippen molar-refractivity contribution in [3.05, 3.63) is 59.7 Å². The number of benzene rings is 2. The second-order valence-electron chi connectivity index (χ2n) is 9.27. The zero-order chi connectivity index (χ0) is 23.8. The van der Waals surface area contributed by atoms with Crippen molar-refractivity contribution in [2.24, 2.45) is 0 Å². The Bertz CT molecular complexity index is 908. The Morgan fingerprint density at radius 3 is 2.15 bits per heavy atom. The van der Waals surface area contributed by atoms with E-state index in [0.717, 1.165) is 17.5 Å². The zero-order valence-electron chi connectivity index (χ0n) is 19.6. The van der Waals surface area contributed by atoms with Crippen molar-refractivity contribution in [3.8, 4) is 11.1 Å². The number of unbranched alkanes of at least 4 members (excludes halogenated alkanes) is 1. The number of alkyl carbamates (subject to hydrolysis) is 2. The van der Waals surface area contributed by atoms with E-state index in [4.69, 9.17) is 9.47 Å². The first kappa shape index (κ1) is 24.6. The molecule has 2 aromatic rings. The molecular weight excluding hydrogens is 420 g/mol. The fourth-order valence-corrected chi connectivity index (χ4v) is 4.04. The monoisotopic (exact) mass is 454 g/mol. The predicted molar refractivity (Wildman–Crippen MR) is 127 cm³/mol. The highest BCUT2D eigenvalue weighted by atomic mass is 16.6. The van der Waals surface area contributed by atoms with Crippen LogP contribution in [0.1, 0.15) is 57.1 Å². The van der Waals surface area contributed by atoms with E-state index in [9.17, 15) is 14.7 Å². The Balaban J connectivity index is 1.41. The lowest BCUT2D eigenvalue weighted by Gasteiger charge is -2.20. The summed E-state index contributed by atoms with van der Waals surface area (Å²) in [5.41, 5.74) is 4.13. The van der Waals surface area contributed by atoms with Crippen LogP contribution >= 0.6 is 0 Å². The SMILES string of the molecule is CC(C)(C)OC(=O)NCCCC[C@@H](CO)NC(=O)OCC1c2ccccc2-c2ccccc21. The number of hydrogen-bond acceptors (Lipinski definition) is 5. The molecule has 3 N–H and O–H groups in total. The standard InChI is InChI=1S/C26H34N2O5/c1-26(2,3)33-24(30)27-15-9-8-10-18(16-29)28-25(31)32-17-23-21-13-6-4-11-19(21)20-12-5-7-14-22(20)23/h4-7,11-14,18,23,29H,8-10,15-17H2,1-3H3,(H,27,30)(H,28,31)/t18-/m0/s1. The third-order valence-corrected chi connectivity index (χ3v) is 5.53. The summed E-state index contributed by atoms with van der Waals surface area (Å²) in [6, 6.07) is 15.9.